The number of aliphatic imine (C=N–C) groups is 1. The Morgan fingerprint density at radius 1 is 1.07 bits per heavy atom. The highest BCUT2D eigenvalue weighted by Crippen LogP contribution is 2.25. The van der Waals surface area contributed by atoms with E-state index < -0.39 is 0 Å². The normalized spacial score (nSPS) is 20.3. The molecule has 27 heavy (non-hydrogen) atoms. The molecule has 1 aliphatic carbocycles. The van der Waals surface area contributed by atoms with Gasteiger partial charge in [-0.2, -0.15) is 0 Å². The first-order valence-corrected chi connectivity index (χ1v) is 10.1. The maximum atomic E-state index is 9.69. The van der Waals surface area contributed by atoms with Crippen LogP contribution in [0.3, 0.4) is 0 Å². The number of aliphatic hydroxyl groups excluding tert-OH is 1. The van der Waals surface area contributed by atoms with E-state index in [4.69, 9.17) is 16.6 Å². The van der Waals surface area contributed by atoms with E-state index in [0.29, 0.717) is 12.6 Å². The molecule has 5 heteroatoms. The number of benzene rings is 2. The molecule has 3 N–H and O–H groups in total. The molecule has 0 amide bonds. The van der Waals surface area contributed by atoms with Gasteiger partial charge >= 0.3 is 0 Å². The van der Waals surface area contributed by atoms with Crippen LogP contribution in [0.1, 0.15) is 38.2 Å². The van der Waals surface area contributed by atoms with Gasteiger partial charge in [-0.1, -0.05) is 48.0 Å². The van der Waals surface area contributed by atoms with Crippen LogP contribution in [0.25, 0.3) is 11.1 Å². The van der Waals surface area contributed by atoms with Crippen LogP contribution < -0.4 is 10.6 Å². The summed E-state index contributed by atoms with van der Waals surface area (Å²) in [6, 6.07) is 16.6. The number of guanidine groups is 1. The summed E-state index contributed by atoms with van der Waals surface area (Å²) in [5.74, 6) is 0.838. The minimum absolute atomic E-state index is 0.145. The van der Waals surface area contributed by atoms with E-state index in [1.165, 1.54) is 11.1 Å². The lowest BCUT2D eigenvalue weighted by atomic mass is 9.93. The number of halogens is 1. The van der Waals surface area contributed by atoms with Gasteiger partial charge < -0.3 is 15.7 Å². The number of nitrogens with zero attached hydrogens (tertiary/aromatic N) is 1. The molecule has 2 aromatic rings. The lowest BCUT2D eigenvalue weighted by molar-refractivity contribution is 0.120. The second-order valence-corrected chi connectivity index (χ2v) is 7.45. The molecule has 4 nitrogen and oxygen atoms in total. The van der Waals surface area contributed by atoms with Crippen LogP contribution in [0.4, 0.5) is 0 Å². The summed E-state index contributed by atoms with van der Waals surface area (Å²) >= 11 is 6.02. The second-order valence-electron chi connectivity index (χ2n) is 7.01. The Hall–Kier alpha value is -2.04. The summed E-state index contributed by atoms with van der Waals surface area (Å²) in [6.07, 6.45) is 3.53. The number of rotatable bonds is 5. The lowest BCUT2D eigenvalue weighted by Crippen LogP contribution is -2.45. The highest BCUT2D eigenvalue weighted by atomic mass is 35.5. The van der Waals surface area contributed by atoms with Crippen molar-refractivity contribution in [2.75, 3.05) is 6.54 Å². The summed E-state index contributed by atoms with van der Waals surface area (Å²) < 4.78 is 0. The number of aliphatic hydroxyl groups is 1. The van der Waals surface area contributed by atoms with Gasteiger partial charge in [-0.3, -0.25) is 0 Å². The molecule has 0 radical (unpaired) electrons. The third kappa shape index (κ3) is 5.72. The largest absolute Gasteiger partial charge is 0.393 e. The van der Waals surface area contributed by atoms with E-state index in [1.54, 1.807) is 0 Å². The van der Waals surface area contributed by atoms with Crippen molar-refractivity contribution in [1.29, 1.82) is 0 Å². The van der Waals surface area contributed by atoms with Crippen LogP contribution >= 0.6 is 11.6 Å². The van der Waals surface area contributed by atoms with Crippen LogP contribution in [-0.4, -0.2) is 29.8 Å². The van der Waals surface area contributed by atoms with Gasteiger partial charge in [-0.05, 0) is 61.4 Å². The van der Waals surface area contributed by atoms with Crippen LogP contribution in [-0.2, 0) is 6.54 Å². The summed E-state index contributed by atoms with van der Waals surface area (Å²) in [4.78, 5) is 4.81. The molecular weight excluding hydrogens is 358 g/mol. The van der Waals surface area contributed by atoms with Gasteiger partial charge in [0.05, 0.1) is 12.6 Å². The molecule has 0 bridgehead atoms. The van der Waals surface area contributed by atoms with Gasteiger partial charge in [0.2, 0.25) is 0 Å². The average molecular weight is 386 g/mol. The van der Waals surface area contributed by atoms with Crippen LogP contribution in [0.5, 0.6) is 0 Å². The van der Waals surface area contributed by atoms with E-state index in [-0.39, 0.29) is 6.10 Å². The number of nitrogens with one attached hydrogen (secondary N) is 2. The molecule has 0 atom stereocenters. The van der Waals surface area contributed by atoms with Crippen molar-refractivity contribution in [2.24, 2.45) is 4.99 Å². The highest BCUT2D eigenvalue weighted by Gasteiger charge is 2.20. The Labute approximate surface area is 166 Å². The summed E-state index contributed by atoms with van der Waals surface area (Å²) in [5, 5.41) is 17.3. The van der Waals surface area contributed by atoms with Crippen LogP contribution in [0, 0.1) is 0 Å². The molecule has 0 aliphatic heterocycles. The zero-order valence-corrected chi connectivity index (χ0v) is 16.5. The maximum Gasteiger partial charge on any atom is 0.191 e. The molecular formula is C22H28ClN3O. The fourth-order valence-electron chi connectivity index (χ4n) is 3.47. The van der Waals surface area contributed by atoms with E-state index in [9.17, 15) is 5.11 Å². The van der Waals surface area contributed by atoms with Gasteiger partial charge in [0, 0.05) is 17.6 Å². The van der Waals surface area contributed by atoms with Gasteiger partial charge in [0.15, 0.2) is 5.96 Å². The lowest BCUT2D eigenvalue weighted by Gasteiger charge is -2.27. The molecule has 0 heterocycles. The maximum absolute atomic E-state index is 9.69. The molecule has 2 aromatic carbocycles. The van der Waals surface area contributed by atoms with E-state index in [2.05, 4.69) is 29.7 Å². The highest BCUT2D eigenvalue weighted by molar-refractivity contribution is 6.30. The van der Waals surface area contributed by atoms with Crippen molar-refractivity contribution >= 4 is 17.6 Å². The van der Waals surface area contributed by atoms with E-state index in [1.807, 2.05) is 36.4 Å². The van der Waals surface area contributed by atoms with Gasteiger partial charge in [-0.15, -0.1) is 0 Å². The minimum Gasteiger partial charge on any atom is -0.393 e. The van der Waals surface area contributed by atoms with Crippen molar-refractivity contribution in [2.45, 2.75) is 51.3 Å². The first-order chi connectivity index (χ1) is 13.2. The predicted molar refractivity (Wildman–Crippen MR) is 113 cm³/mol. The van der Waals surface area contributed by atoms with Gasteiger partial charge in [-0.25, -0.2) is 4.99 Å². The Morgan fingerprint density at radius 3 is 2.48 bits per heavy atom. The van der Waals surface area contributed by atoms with Crippen molar-refractivity contribution in [1.82, 2.24) is 10.6 Å². The Morgan fingerprint density at radius 2 is 1.78 bits per heavy atom. The van der Waals surface area contributed by atoms with Crippen LogP contribution in [0.15, 0.2) is 53.5 Å². The quantitative estimate of drug-likeness (QED) is 0.529. The van der Waals surface area contributed by atoms with Gasteiger partial charge in [0.25, 0.3) is 0 Å². The van der Waals surface area contributed by atoms with Crippen molar-refractivity contribution in [3.05, 3.63) is 59.1 Å². The molecule has 0 aromatic heterocycles. The third-order valence-electron chi connectivity index (χ3n) is 4.96. The molecule has 0 unspecified atom stereocenters. The molecule has 1 saturated carbocycles. The number of hydrogen-bond acceptors (Lipinski definition) is 2. The van der Waals surface area contributed by atoms with Crippen molar-refractivity contribution < 1.29 is 5.11 Å². The van der Waals surface area contributed by atoms with Gasteiger partial charge in [0.1, 0.15) is 0 Å². The summed E-state index contributed by atoms with van der Waals surface area (Å²) in [5.41, 5.74) is 3.50. The fraction of sp³-hybridized carbons (Fsp3) is 0.409. The molecule has 3 rings (SSSR count). The first kappa shape index (κ1) is 19.7. The zero-order chi connectivity index (χ0) is 19.1. The molecule has 1 aliphatic rings. The fourth-order valence-corrected chi connectivity index (χ4v) is 3.59. The Balaban J connectivity index is 1.73. The SMILES string of the molecule is CCNC(=NCc1ccccc1-c1ccc(Cl)cc1)NC1CCC(O)CC1. The van der Waals surface area contributed by atoms with Crippen molar-refractivity contribution in [3.63, 3.8) is 0 Å². The van der Waals surface area contributed by atoms with Crippen molar-refractivity contribution in [3.8, 4) is 11.1 Å². The summed E-state index contributed by atoms with van der Waals surface area (Å²) in [7, 11) is 0. The zero-order valence-electron chi connectivity index (χ0n) is 15.8. The third-order valence-corrected chi connectivity index (χ3v) is 5.21. The monoisotopic (exact) mass is 385 g/mol. The molecule has 144 valence electrons. The topological polar surface area (TPSA) is 56.7 Å². The van der Waals surface area contributed by atoms with E-state index >= 15 is 0 Å². The molecule has 0 spiro atoms. The Kier molecular flexibility index (Phi) is 7.13. The first-order valence-electron chi connectivity index (χ1n) is 9.72. The molecule has 0 saturated heterocycles. The minimum atomic E-state index is -0.145. The smallest absolute Gasteiger partial charge is 0.191 e. The van der Waals surface area contributed by atoms with E-state index in [0.717, 1.165) is 48.8 Å². The average Bonchev–Trinajstić information content (AvgIpc) is 2.69. The summed E-state index contributed by atoms with van der Waals surface area (Å²) in [6.45, 7) is 3.49. The standard InChI is InChI=1S/C22H28ClN3O/c1-2-24-22(26-19-11-13-20(27)14-12-19)25-15-17-5-3-4-6-21(17)16-7-9-18(23)10-8-16/h3-10,19-20,27H,2,11-15H2,1H3,(H2,24,25,26). The number of hydrogen-bond donors (Lipinski definition) is 3. The molecule has 1 fully saturated rings. The second kappa shape index (κ2) is 9.77. The van der Waals surface area contributed by atoms with Crippen LogP contribution in [0.2, 0.25) is 5.02 Å². The predicted octanol–water partition coefficient (Wildman–Crippen LogP) is 4.37. The Bertz CT molecular complexity index is 752.